The van der Waals surface area contributed by atoms with Gasteiger partial charge >= 0.3 is 0 Å². The second-order valence-corrected chi connectivity index (χ2v) is 8.60. The standard InChI is InChI=1S/C15H30N2O2S/c1-10(2)7-13-15(18)17(9-12(5)20(6)19)14(16-13)8-11(3)4/h10-14,16H,7-9H2,1-6H3. The predicted octanol–water partition coefficient (Wildman–Crippen LogP) is 1.97. The molecule has 4 atom stereocenters. The second kappa shape index (κ2) is 7.55. The van der Waals surface area contributed by atoms with Crippen molar-refractivity contribution in [1.82, 2.24) is 10.2 Å². The van der Waals surface area contributed by atoms with E-state index < -0.39 is 10.8 Å². The summed E-state index contributed by atoms with van der Waals surface area (Å²) >= 11 is 0. The molecule has 4 unspecified atom stereocenters. The van der Waals surface area contributed by atoms with Crippen molar-refractivity contribution in [2.75, 3.05) is 12.8 Å². The van der Waals surface area contributed by atoms with Crippen molar-refractivity contribution < 1.29 is 9.00 Å². The Labute approximate surface area is 126 Å². The maximum absolute atomic E-state index is 12.6. The van der Waals surface area contributed by atoms with Crippen LogP contribution in [0, 0.1) is 11.8 Å². The van der Waals surface area contributed by atoms with Crippen LogP contribution in [-0.4, -0.2) is 45.3 Å². The Morgan fingerprint density at radius 3 is 2.15 bits per heavy atom. The van der Waals surface area contributed by atoms with Gasteiger partial charge in [0.05, 0.1) is 12.2 Å². The smallest absolute Gasteiger partial charge is 0.241 e. The van der Waals surface area contributed by atoms with Gasteiger partial charge in [0.1, 0.15) is 0 Å². The SMILES string of the molecule is CC(C)CC1NC(CC(C)C)N(CC(C)S(C)=O)C1=O. The first kappa shape index (κ1) is 17.6. The molecule has 1 aliphatic rings. The van der Waals surface area contributed by atoms with Crippen molar-refractivity contribution in [2.45, 2.75) is 64.9 Å². The van der Waals surface area contributed by atoms with Crippen LogP contribution in [0.3, 0.4) is 0 Å². The maximum Gasteiger partial charge on any atom is 0.241 e. The van der Waals surface area contributed by atoms with Crippen LogP contribution in [0.15, 0.2) is 0 Å². The second-order valence-electron chi connectivity index (χ2n) is 6.79. The van der Waals surface area contributed by atoms with Gasteiger partial charge in [-0.2, -0.15) is 0 Å². The van der Waals surface area contributed by atoms with Crippen LogP contribution in [0.1, 0.15) is 47.5 Å². The number of nitrogens with zero attached hydrogens (tertiary/aromatic N) is 1. The van der Waals surface area contributed by atoms with E-state index in [4.69, 9.17) is 0 Å². The Bertz CT molecular complexity index is 358. The molecule has 4 nitrogen and oxygen atoms in total. The highest BCUT2D eigenvalue weighted by atomic mass is 32.2. The van der Waals surface area contributed by atoms with Gasteiger partial charge in [0.2, 0.25) is 5.91 Å². The zero-order chi connectivity index (χ0) is 15.4. The van der Waals surface area contributed by atoms with E-state index in [1.54, 1.807) is 6.26 Å². The molecule has 1 saturated heterocycles. The topological polar surface area (TPSA) is 49.4 Å². The molecule has 0 aromatic rings. The molecule has 0 saturated carbocycles. The third kappa shape index (κ3) is 4.85. The Morgan fingerprint density at radius 2 is 1.70 bits per heavy atom. The average Bonchev–Trinajstić information content (AvgIpc) is 2.56. The average molecular weight is 302 g/mol. The molecule has 1 heterocycles. The van der Waals surface area contributed by atoms with E-state index in [-0.39, 0.29) is 23.4 Å². The summed E-state index contributed by atoms with van der Waals surface area (Å²) < 4.78 is 11.6. The summed E-state index contributed by atoms with van der Waals surface area (Å²) in [4.78, 5) is 14.5. The third-order valence-corrected chi connectivity index (χ3v) is 5.06. The third-order valence-electron chi connectivity index (χ3n) is 3.77. The Kier molecular flexibility index (Phi) is 6.65. The summed E-state index contributed by atoms with van der Waals surface area (Å²) in [5.41, 5.74) is 0. The lowest BCUT2D eigenvalue weighted by molar-refractivity contribution is -0.130. The molecule has 118 valence electrons. The lowest BCUT2D eigenvalue weighted by atomic mass is 10.0. The minimum Gasteiger partial charge on any atom is -0.325 e. The fourth-order valence-electron chi connectivity index (χ4n) is 2.63. The summed E-state index contributed by atoms with van der Waals surface area (Å²) in [6.07, 6.45) is 3.62. The predicted molar refractivity (Wildman–Crippen MR) is 84.9 cm³/mol. The highest BCUT2D eigenvalue weighted by molar-refractivity contribution is 7.84. The molecule has 1 N–H and O–H groups in total. The summed E-state index contributed by atoms with van der Waals surface area (Å²) in [5, 5.41) is 3.50. The van der Waals surface area contributed by atoms with Crippen LogP contribution in [0.4, 0.5) is 0 Å². The number of hydrogen-bond donors (Lipinski definition) is 1. The van der Waals surface area contributed by atoms with Gasteiger partial charge in [-0.3, -0.25) is 14.3 Å². The molecule has 1 fully saturated rings. The number of carbonyl (C=O) groups excluding carboxylic acids is 1. The number of hydrogen-bond acceptors (Lipinski definition) is 3. The normalized spacial score (nSPS) is 26.6. The van der Waals surface area contributed by atoms with Crippen LogP contribution >= 0.6 is 0 Å². The fourth-order valence-corrected chi connectivity index (χ4v) is 3.00. The van der Waals surface area contributed by atoms with Crippen molar-refractivity contribution in [3.8, 4) is 0 Å². The first-order chi connectivity index (χ1) is 9.22. The van der Waals surface area contributed by atoms with Crippen LogP contribution in [0.25, 0.3) is 0 Å². The van der Waals surface area contributed by atoms with Gasteiger partial charge in [0, 0.05) is 28.9 Å². The Morgan fingerprint density at radius 1 is 1.15 bits per heavy atom. The van der Waals surface area contributed by atoms with Gasteiger partial charge in [0.25, 0.3) is 0 Å². The van der Waals surface area contributed by atoms with E-state index in [1.807, 2.05) is 11.8 Å². The van der Waals surface area contributed by atoms with E-state index >= 15 is 0 Å². The van der Waals surface area contributed by atoms with Crippen molar-refractivity contribution in [3.05, 3.63) is 0 Å². The van der Waals surface area contributed by atoms with Gasteiger partial charge in [-0.15, -0.1) is 0 Å². The number of amides is 1. The molecule has 0 radical (unpaired) electrons. The Balaban J connectivity index is 2.79. The van der Waals surface area contributed by atoms with Crippen molar-refractivity contribution >= 4 is 16.7 Å². The first-order valence-electron chi connectivity index (χ1n) is 7.61. The number of rotatable bonds is 7. The molecule has 1 rings (SSSR count). The summed E-state index contributed by atoms with van der Waals surface area (Å²) in [6.45, 7) is 11.1. The molecule has 0 aromatic heterocycles. The molecule has 0 aliphatic carbocycles. The summed E-state index contributed by atoms with van der Waals surface area (Å²) in [5.74, 6) is 1.21. The fraction of sp³-hybridized carbons (Fsp3) is 0.933. The van der Waals surface area contributed by atoms with Gasteiger partial charge in [-0.05, 0) is 31.6 Å². The number of nitrogens with one attached hydrogen (secondary N) is 1. The summed E-state index contributed by atoms with van der Waals surface area (Å²) in [7, 11) is -0.893. The first-order valence-corrected chi connectivity index (χ1v) is 9.23. The number of carbonyl (C=O) groups is 1. The molecule has 1 aliphatic heterocycles. The highest BCUT2D eigenvalue weighted by Gasteiger charge is 2.39. The van der Waals surface area contributed by atoms with Crippen LogP contribution in [0.5, 0.6) is 0 Å². The molecule has 1 amide bonds. The minimum atomic E-state index is -0.893. The molecule has 20 heavy (non-hydrogen) atoms. The van der Waals surface area contributed by atoms with Gasteiger partial charge in [-0.25, -0.2) is 0 Å². The van der Waals surface area contributed by atoms with E-state index in [2.05, 4.69) is 33.0 Å². The lowest BCUT2D eigenvalue weighted by Crippen LogP contribution is -2.42. The largest absolute Gasteiger partial charge is 0.325 e. The highest BCUT2D eigenvalue weighted by Crippen LogP contribution is 2.22. The lowest BCUT2D eigenvalue weighted by Gasteiger charge is -2.27. The van der Waals surface area contributed by atoms with E-state index in [0.29, 0.717) is 18.4 Å². The molecular formula is C15H30N2O2S. The van der Waals surface area contributed by atoms with Crippen molar-refractivity contribution in [3.63, 3.8) is 0 Å². The summed E-state index contributed by atoms with van der Waals surface area (Å²) in [6, 6.07) is -0.0729. The van der Waals surface area contributed by atoms with Gasteiger partial charge in [-0.1, -0.05) is 27.7 Å². The molecule has 0 bridgehead atoms. The molecular weight excluding hydrogens is 272 g/mol. The zero-order valence-electron chi connectivity index (χ0n) is 13.7. The molecule has 0 spiro atoms. The van der Waals surface area contributed by atoms with Crippen LogP contribution in [-0.2, 0) is 15.6 Å². The van der Waals surface area contributed by atoms with Gasteiger partial charge < -0.3 is 4.90 Å². The van der Waals surface area contributed by atoms with E-state index in [0.717, 1.165) is 12.8 Å². The van der Waals surface area contributed by atoms with Crippen LogP contribution < -0.4 is 5.32 Å². The zero-order valence-corrected chi connectivity index (χ0v) is 14.5. The quantitative estimate of drug-likeness (QED) is 0.782. The molecule has 0 aromatic carbocycles. The van der Waals surface area contributed by atoms with Crippen molar-refractivity contribution in [2.24, 2.45) is 11.8 Å². The van der Waals surface area contributed by atoms with Gasteiger partial charge in [0.15, 0.2) is 0 Å². The van der Waals surface area contributed by atoms with E-state index in [1.165, 1.54) is 0 Å². The van der Waals surface area contributed by atoms with E-state index in [9.17, 15) is 9.00 Å². The maximum atomic E-state index is 12.6. The van der Waals surface area contributed by atoms with Crippen LogP contribution in [0.2, 0.25) is 0 Å². The van der Waals surface area contributed by atoms with Crippen molar-refractivity contribution in [1.29, 1.82) is 0 Å². The molecule has 5 heteroatoms. The Hall–Kier alpha value is -0.420. The monoisotopic (exact) mass is 302 g/mol. The minimum absolute atomic E-state index is 0.0215.